The first-order chi connectivity index (χ1) is 13.5. The van der Waals surface area contributed by atoms with Crippen LogP contribution in [0, 0.1) is 13.8 Å². The maximum atomic E-state index is 12.7. The van der Waals surface area contributed by atoms with Gasteiger partial charge in [-0.1, -0.05) is 42.5 Å². The van der Waals surface area contributed by atoms with Crippen molar-refractivity contribution in [3.63, 3.8) is 0 Å². The quantitative estimate of drug-likeness (QED) is 0.658. The first kappa shape index (κ1) is 18.2. The number of rotatable bonds is 3. The summed E-state index contributed by atoms with van der Waals surface area (Å²) in [5.41, 5.74) is 5.15. The highest BCUT2D eigenvalue weighted by Gasteiger charge is 2.23. The van der Waals surface area contributed by atoms with Gasteiger partial charge in [-0.2, -0.15) is 0 Å². The predicted molar refractivity (Wildman–Crippen MR) is 107 cm³/mol. The molecule has 0 bridgehead atoms. The molecule has 0 N–H and O–H groups in total. The van der Waals surface area contributed by atoms with E-state index in [1.165, 1.54) is 5.56 Å². The topological polar surface area (TPSA) is 59.5 Å². The zero-order chi connectivity index (χ0) is 19.7. The van der Waals surface area contributed by atoms with Crippen molar-refractivity contribution >= 4 is 22.8 Å². The number of fused-ring (bicyclic) bond motifs is 2. The second kappa shape index (κ2) is 7.43. The van der Waals surface area contributed by atoms with Gasteiger partial charge in [0.1, 0.15) is 0 Å². The van der Waals surface area contributed by atoms with Gasteiger partial charge in [-0.25, -0.2) is 4.79 Å². The normalized spacial score (nSPS) is 13.3. The molecule has 5 nitrogen and oxygen atoms in total. The van der Waals surface area contributed by atoms with E-state index in [-0.39, 0.29) is 12.5 Å². The maximum absolute atomic E-state index is 12.7. The number of carbonyl (C=O) groups excluding carboxylic acids is 2. The molecule has 1 aromatic heterocycles. The Balaban J connectivity index is 1.46. The van der Waals surface area contributed by atoms with Crippen molar-refractivity contribution in [2.75, 3.05) is 13.2 Å². The number of pyridine rings is 1. The van der Waals surface area contributed by atoms with Crippen LogP contribution in [0.4, 0.5) is 0 Å². The zero-order valence-electron chi connectivity index (χ0n) is 16.1. The molecule has 0 unspecified atom stereocenters. The lowest BCUT2D eigenvalue weighted by molar-refractivity contribution is -0.135. The van der Waals surface area contributed by atoms with E-state index in [2.05, 4.69) is 11.1 Å². The number of para-hydroxylation sites is 1. The molecule has 28 heavy (non-hydrogen) atoms. The van der Waals surface area contributed by atoms with Gasteiger partial charge in [-0.3, -0.25) is 9.78 Å². The van der Waals surface area contributed by atoms with E-state index in [0.29, 0.717) is 24.3 Å². The highest BCUT2D eigenvalue weighted by molar-refractivity contribution is 5.99. The van der Waals surface area contributed by atoms with Crippen LogP contribution >= 0.6 is 0 Å². The molecule has 1 aliphatic rings. The fraction of sp³-hybridized carbons (Fsp3) is 0.261. The Morgan fingerprint density at radius 2 is 1.75 bits per heavy atom. The Hall–Kier alpha value is -3.21. The smallest absolute Gasteiger partial charge is 0.340 e. The van der Waals surface area contributed by atoms with Crippen LogP contribution in [0.1, 0.15) is 32.7 Å². The maximum Gasteiger partial charge on any atom is 0.340 e. The fourth-order valence-corrected chi connectivity index (χ4v) is 3.83. The van der Waals surface area contributed by atoms with Crippen LogP contribution in [0.15, 0.2) is 48.5 Å². The van der Waals surface area contributed by atoms with Crippen molar-refractivity contribution in [3.05, 3.63) is 76.5 Å². The summed E-state index contributed by atoms with van der Waals surface area (Å²) in [4.78, 5) is 31.5. The zero-order valence-corrected chi connectivity index (χ0v) is 16.1. The Morgan fingerprint density at radius 3 is 2.57 bits per heavy atom. The molecule has 0 saturated heterocycles. The van der Waals surface area contributed by atoms with Crippen LogP contribution in [0.5, 0.6) is 0 Å². The molecule has 0 spiro atoms. The van der Waals surface area contributed by atoms with E-state index in [0.717, 1.165) is 28.5 Å². The molecule has 3 aromatic rings. The molecule has 1 aliphatic heterocycles. The number of benzene rings is 2. The molecule has 0 saturated carbocycles. The number of carbonyl (C=O) groups is 2. The number of amides is 1. The molecular weight excluding hydrogens is 352 g/mol. The molecule has 1 amide bonds. The molecule has 0 radical (unpaired) electrons. The van der Waals surface area contributed by atoms with Crippen LogP contribution in [-0.2, 0) is 22.5 Å². The van der Waals surface area contributed by atoms with Gasteiger partial charge in [0.25, 0.3) is 5.91 Å². The van der Waals surface area contributed by atoms with Crippen LogP contribution in [0.25, 0.3) is 10.9 Å². The van der Waals surface area contributed by atoms with Gasteiger partial charge in [-0.05, 0) is 43.0 Å². The average Bonchev–Trinajstić information content (AvgIpc) is 2.71. The van der Waals surface area contributed by atoms with Crippen molar-refractivity contribution in [1.29, 1.82) is 0 Å². The van der Waals surface area contributed by atoms with Gasteiger partial charge in [0, 0.05) is 18.5 Å². The van der Waals surface area contributed by atoms with Crippen molar-refractivity contribution in [2.24, 2.45) is 0 Å². The molecule has 5 heteroatoms. The highest BCUT2D eigenvalue weighted by atomic mass is 16.5. The third-order valence-corrected chi connectivity index (χ3v) is 5.35. The lowest BCUT2D eigenvalue weighted by Crippen LogP contribution is -2.38. The third kappa shape index (κ3) is 3.36. The monoisotopic (exact) mass is 374 g/mol. The Labute approximate surface area is 163 Å². The van der Waals surface area contributed by atoms with Gasteiger partial charge in [0.05, 0.1) is 16.8 Å². The first-order valence-corrected chi connectivity index (χ1v) is 9.42. The Bertz CT molecular complexity index is 1070. The molecule has 0 fully saturated rings. The molecule has 2 heterocycles. The number of aryl methyl sites for hydroxylation is 2. The molecular formula is C23H22N2O3. The van der Waals surface area contributed by atoms with Crippen LogP contribution in [-0.4, -0.2) is 34.9 Å². The average molecular weight is 374 g/mol. The van der Waals surface area contributed by atoms with Gasteiger partial charge in [0.2, 0.25) is 0 Å². The summed E-state index contributed by atoms with van der Waals surface area (Å²) >= 11 is 0. The Morgan fingerprint density at radius 1 is 1.04 bits per heavy atom. The Kier molecular flexibility index (Phi) is 4.82. The van der Waals surface area contributed by atoms with Crippen molar-refractivity contribution in [2.45, 2.75) is 26.8 Å². The fourth-order valence-electron chi connectivity index (χ4n) is 3.83. The minimum Gasteiger partial charge on any atom is -0.452 e. The van der Waals surface area contributed by atoms with E-state index in [1.54, 1.807) is 11.8 Å². The number of hydrogen-bond acceptors (Lipinski definition) is 4. The van der Waals surface area contributed by atoms with Crippen LogP contribution in [0.3, 0.4) is 0 Å². The summed E-state index contributed by atoms with van der Waals surface area (Å²) in [5.74, 6) is -0.675. The molecule has 142 valence electrons. The molecule has 2 aromatic carbocycles. The summed E-state index contributed by atoms with van der Waals surface area (Å²) in [7, 11) is 0. The summed E-state index contributed by atoms with van der Waals surface area (Å²) in [6, 6.07) is 15.8. The molecule has 0 atom stereocenters. The van der Waals surface area contributed by atoms with Gasteiger partial charge in [-0.15, -0.1) is 0 Å². The predicted octanol–water partition coefficient (Wildman–Crippen LogP) is 3.59. The summed E-state index contributed by atoms with van der Waals surface area (Å²) in [6.45, 7) is 4.62. The lowest BCUT2D eigenvalue weighted by atomic mass is 10.00. The number of ether oxygens (including phenoxy) is 1. The summed E-state index contributed by atoms with van der Waals surface area (Å²) in [5, 5.41) is 0.916. The van der Waals surface area contributed by atoms with Gasteiger partial charge >= 0.3 is 5.97 Å². The van der Waals surface area contributed by atoms with Gasteiger partial charge < -0.3 is 9.64 Å². The van der Waals surface area contributed by atoms with Crippen molar-refractivity contribution in [1.82, 2.24) is 9.88 Å². The van der Waals surface area contributed by atoms with E-state index >= 15 is 0 Å². The van der Waals surface area contributed by atoms with E-state index in [4.69, 9.17) is 4.74 Å². The third-order valence-electron chi connectivity index (χ3n) is 5.35. The largest absolute Gasteiger partial charge is 0.452 e. The summed E-state index contributed by atoms with van der Waals surface area (Å²) in [6.07, 6.45) is 0.822. The van der Waals surface area contributed by atoms with Gasteiger partial charge in [0.15, 0.2) is 6.61 Å². The molecule has 4 rings (SSSR count). The lowest BCUT2D eigenvalue weighted by Gasteiger charge is -2.28. The minimum absolute atomic E-state index is 0.174. The SMILES string of the molecule is Cc1nc2ccccc2c(C)c1C(=O)OCC(=O)N1CCc2ccccc2C1. The second-order valence-electron chi connectivity index (χ2n) is 7.12. The van der Waals surface area contributed by atoms with E-state index in [9.17, 15) is 9.59 Å². The first-order valence-electron chi connectivity index (χ1n) is 9.42. The number of hydrogen-bond donors (Lipinski definition) is 0. The molecule has 0 aliphatic carbocycles. The number of esters is 1. The van der Waals surface area contributed by atoms with Crippen LogP contribution < -0.4 is 0 Å². The van der Waals surface area contributed by atoms with E-state index in [1.807, 2.05) is 49.4 Å². The summed E-state index contributed by atoms with van der Waals surface area (Å²) < 4.78 is 5.37. The van der Waals surface area contributed by atoms with E-state index < -0.39 is 5.97 Å². The standard InChI is InChI=1S/C23H22N2O3/c1-15-19-9-5-6-10-20(19)24-16(2)22(15)23(27)28-14-21(26)25-12-11-17-7-3-4-8-18(17)13-25/h3-10H,11-14H2,1-2H3. The number of aromatic nitrogens is 1. The van der Waals surface area contributed by atoms with Crippen molar-refractivity contribution in [3.8, 4) is 0 Å². The number of nitrogens with zero attached hydrogens (tertiary/aromatic N) is 2. The highest BCUT2D eigenvalue weighted by Crippen LogP contribution is 2.23. The van der Waals surface area contributed by atoms with Crippen molar-refractivity contribution < 1.29 is 14.3 Å². The second-order valence-corrected chi connectivity index (χ2v) is 7.12. The van der Waals surface area contributed by atoms with Crippen LogP contribution in [0.2, 0.25) is 0 Å². The minimum atomic E-state index is -0.501.